The van der Waals surface area contributed by atoms with Gasteiger partial charge in [0, 0.05) is 0 Å². The zero-order valence-electron chi connectivity index (χ0n) is 12.7. The molecule has 2 aromatic rings. The van der Waals surface area contributed by atoms with Crippen molar-refractivity contribution in [3.8, 4) is 11.5 Å². The quantitative estimate of drug-likeness (QED) is 0.598. The summed E-state index contributed by atoms with van der Waals surface area (Å²) < 4.78 is 11.8. The Hall–Kier alpha value is -2.01. The fourth-order valence-electron chi connectivity index (χ4n) is 1.98. The molecule has 0 aromatic heterocycles. The van der Waals surface area contributed by atoms with Crippen LogP contribution < -0.4 is 14.9 Å². The molecule has 2 rings (SSSR count). The van der Waals surface area contributed by atoms with Crippen LogP contribution in [0.2, 0.25) is 0 Å². The second-order valence-corrected chi connectivity index (χ2v) is 5.40. The predicted octanol–water partition coefficient (Wildman–Crippen LogP) is 3.98. The third-order valence-corrected chi connectivity index (χ3v) is 3.56. The van der Waals surface area contributed by atoms with Gasteiger partial charge in [0.05, 0.1) is 30.9 Å². The van der Waals surface area contributed by atoms with Gasteiger partial charge in [-0.25, -0.2) is 0 Å². The predicted molar refractivity (Wildman–Crippen MR) is 92.7 cm³/mol. The molecular formula is C17H19BrN2O2. The molecule has 0 unspecified atom stereocenters. The fourth-order valence-corrected chi connectivity index (χ4v) is 2.60. The van der Waals surface area contributed by atoms with E-state index in [1.54, 1.807) is 13.3 Å². The molecule has 22 heavy (non-hydrogen) atoms. The molecule has 0 radical (unpaired) electrons. The Morgan fingerprint density at radius 3 is 2.68 bits per heavy atom. The van der Waals surface area contributed by atoms with Crippen molar-refractivity contribution < 1.29 is 9.47 Å². The molecule has 5 heteroatoms. The summed E-state index contributed by atoms with van der Waals surface area (Å²) in [4.78, 5) is 0. The first-order valence-electron chi connectivity index (χ1n) is 7.04. The normalized spacial score (nSPS) is 10.7. The van der Waals surface area contributed by atoms with E-state index in [9.17, 15) is 0 Å². The van der Waals surface area contributed by atoms with Gasteiger partial charge in [-0.2, -0.15) is 5.10 Å². The number of halogens is 1. The molecule has 0 atom stereocenters. The minimum Gasteiger partial charge on any atom is -0.492 e. The Kier molecular flexibility index (Phi) is 6.27. The van der Waals surface area contributed by atoms with Gasteiger partial charge in [0.15, 0.2) is 11.5 Å². The number of nitrogens with one attached hydrogen (secondary N) is 1. The number of methoxy groups -OCH3 is 1. The first-order valence-corrected chi connectivity index (χ1v) is 7.84. The van der Waals surface area contributed by atoms with Crippen LogP contribution in [-0.2, 0) is 6.54 Å². The van der Waals surface area contributed by atoms with E-state index in [-0.39, 0.29) is 0 Å². The van der Waals surface area contributed by atoms with Crippen LogP contribution in [0.4, 0.5) is 0 Å². The van der Waals surface area contributed by atoms with Crippen molar-refractivity contribution in [3.63, 3.8) is 0 Å². The Balaban J connectivity index is 2.04. The van der Waals surface area contributed by atoms with Crippen molar-refractivity contribution in [1.82, 2.24) is 5.43 Å². The lowest BCUT2D eigenvalue weighted by molar-refractivity contribution is 0.310. The first kappa shape index (κ1) is 16.4. The van der Waals surface area contributed by atoms with Gasteiger partial charge in [-0.15, -0.1) is 0 Å². The van der Waals surface area contributed by atoms with E-state index in [0.29, 0.717) is 24.7 Å². The number of hydrogen-bond acceptors (Lipinski definition) is 4. The van der Waals surface area contributed by atoms with Gasteiger partial charge >= 0.3 is 0 Å². The number of rotatable bonds is 7. The second kappa shape index (κ2) is 8.44. The van der Waals surface area contributed by atoms with Crippen LogP contribution >= 0.6 is 15.9 Å². The van der Waals surface area contributed by atoms with Crippen LogP contribution in [0.25, 0.3) is 0 Å². The van der Waals surface area contributed by atoms with E-state index in [2.05, 4.69) is 38.6 Å². The molecule has 0 fully saturated rings. The van der Waals surface area contributed by atoms with Crippen LogP contribution in [0.3, 0.4) is 0 Å². The maximum atomic E-state index is 5.59. The monoisotopic (exact) mass is 362 g/mol. The van der Waals surface area contributed by atoms with Crippen molar-refractivity contribution >= 4 is 22.1 Å². The van der Waals surface area contributed by atoms with Gasteiger partial charge < -0.3 is 14.9 Å². The molecule has 0 bridgehead atoms. The minimum atomic E-state index is 0.579. The highest BCUT2D eigenvalue weighted by Crippen LogP contribution is 2.36. The zero-order chi connectivity index (χ0) is 15.8. The summed E-state index contributed by atoms with van der Waals surface area (Å²) in [6.45, 7) is 3.21. The first-order chi connectivity index (χ1) is 10.7. The SMILES string of the molecule is CCOc1cc(C=NNCc2ccccc2)cc(Br)c1OC. The van der Waals surface area contributed by atoms with Crippen LogP contribution in [0.15, 0.2) is 52.0 Å². The van der Waals surface area contributed by atoms with E-state index in [4.69, 9.17) is 9.47 Å². The smallest absolute Gasteiger partial charge is 0.174 e. The van der Waals surface area contributed by atoms with Crippen LogP contribution in [0, 0.1) is 0 Å². The number of nitrogens with zero attached hydrogens (tertiary/aromatic N) is 1. The van der Waals surface area contributed by atoms with Crippen molar-refractivity contribution in [1.29, 1.82) is 0 Å². The summed E-state index contributed by atoms with van der Waals surface area (Å²) in [5.74, 6) is 1.39. The van der Waals surface area contributed by atoms with Crippen LogP contribution in [0.5, 0.6) is 11.5 Å². The summed E-state index contributed by atoms with van der Waals surface area (Å²) in [5.41, 5.74) is 5.14. The molecule has 0 aliphatic heterocycles. The zero-order valence-corrected chi connectivity index (χ0v) is 14.3. The Morgan fingerprint density at radius 1 is 1.23 bits per heavy atom. The Morgan fingerprint density at radius 2 is 2.00 bits per heavy atom. The summed E-state index contributed by atoms with van der Waals surface area (Å²) in [5, 5.41) is 4.24. The topological polar surface area (TPSA) is 42.8 Å². The van der Waals surface area contributed by atoms with E-state index < -0.39 is 0 Å². The highest BCUT2D eigenvalue weighted by atomic mass is 79.9. The van der Waals surface area contributed by atoms with Gasteiger partial charge in [-0.3, -0.25) is 0 Å². The highest BCUT2D eigenvalue weighted by Gasteiger charge is 2.10. The fraction of sp³-hybridized carbons (Fsp3) is 0.235. The third kappa shape index (κ3) is 4.49. The van der Waals surface area contributed by atoms with E-state index >= 15 is 0 Å². The number of hydrazone groups is 1. The van der Waals surface area contributed by atoms with Crippen molar-refractivity contribution in [2.24, 2.45) is 5.10 Å². The van der Waals surface area contributed by atoms with Gasteiger partial charge in [0.25, 0.3) is 0 Å². The molecule has 4 nitrogen and oxygen atoms in total. The molecule has 0 amide bonds. The average molecular weight is 363 g/mol. The van der Waals surface area contributed by atoms with E-state index in [1.165, 1.54) is 5.56 Å². The van der Waals surface area contributed by atoms with Gasteiger partial charge in [-0.05, 0) is 46.1 Å². The lowest BCUT2D eigenvalue weighted by atomic mass is 10.2. The Bertz CT molecular complexity index is 630. The molecule has 116 valence electrons. The van der Waals surface area contributed by atoms with Crippen LogP contribution in [0.1, 0.15) is 18.1 Å². The average Bonchev–Trinajstić information content (AvgIpc) is 2.53. The Labute approximate surface area is 139 Å². The molecule has 0 aliphatic rings. The molecular weight excluding hydrogens is 344 g/mol. The van der Waals surface area contributed by atoms with E-state index in [1.807, 2.05) is 37.3 Å². The summed E-state index contributed by atoms with van der Waals surface area (Å²) >= 11 is 3.49. The molecule has 2 aromatic carbocycles. The standard InChI is InChI=1S/C17H19BrN2O2/c1-3-22-16-10-14(9-15(18)17(16)21-2)12-20-19-11-13-7-5-4-6-8-13/h4-10,12,19H,3,11H2,1-2H3. The van der Waals surface area contributed by atoms with Gasteiger partial charge in [0.1, 0.15) is 0 Å². The minimum absolute atomic E-state index is 0.579. The molecule has 0 saturated carbocycles. The molecule has 0 saturated heterocycles. The molecule has 0 aliphatic carbocycles. The maximum Gasteiger partial charge on any atom is 0.174 e. The lowest BCUT2D eigenvalue weighted by Crippen LogP contribution is -2.05. The molecule has 1 N–H and O–H groups in total. The summed E-state index contributed by atoms with van der Waals surface area (Å²) in [7, 11) is 1.62. The number of hydrogen-bond donors (Lipinski definition) is 1. The van der Waals surface area contributed by atoms with Gasteiger partial charge in [-0.1, -0.05) is 30.3 Å². The molecule has 0 spiro atoms. The van der Waals surface area contributed by atoms with Gasteiger partial charge in [0.2, 0.25) is 0 Å². The number of ether oxygens (including phenoxy) is 2. The molecule has 0 heterocycles. The lowest BCUT2D eigenvalue weighted by Gasteiger charge is -2.11. The summed E-state index contributed by atoms with van der Waals surface area (Å²) in [6.07, 6.45) is 1.76. The maximum absolute atomic E-state index is 5.59. The third-order valence-electron chi connectivity index (χ3n) is 2.97. The van der Waals surface area contributed by atoms with Crippen molar-refractivity contribution in [2.45, 2.75) is 13.5 Å². The highest BCUT2D eigenvalue weighted by molar-refractivity contribution is 9.10. The van der Waals surface area contributed by atoms with Crippen molar-refractivity contribution in [3.05, 3.63) is 58.1 Å². The largest absolute Gasteiger partial charge is 0.492 e. The van der Waals surface area contributed by atoms with Crippen LogP contribution in [-0.4, -0.2) is 19.9 Å². The summed E-state index contributed by atoms with van der Waals surface area (Å²) in [6, 6.07) is 14.0. The van der Waals surface area contributed by atoms with Crippen molar-refractivity contribution in [2.75, 3.05) is 13.7 Å². The second-order valence-electron chi connectivity index (χ2n) is 4.55. The van der Waals surface area contributed by atoms with E-state index in [0.717, 1.165) is 10.0 Å². The number of benzene rings is 2.